The van der Waals surface area contributed by atoms with Crippen molar-refractivity contribution in [3.8, 4) is 0 Å². The molecular formula is C25H19F2NO2. The number of fused-ring (bicyclic) bond motifs is 1. The molecule has 0 radical (unpaired) electrons. The van der Waals surface area contributed by atoms with E-state index in [9.17, 15) is 13.6 Å². The Morgan fingerprint density at radius 3 is 1.83 bits per heavy atom. The zero-order chi connectivity index (χ0) is 20.9. The van der Waals surface area contributed by atoms with Crippen LogP contribution < -0.4 is 0 Å². The van der Waals surface area contributed by atoms with E-state index < -0.39 is 5.97 Å². The van der Waals surface area contributed by atoms with Crippen LogP contribution in [-0.2, 0) is 17.9 Å². The highest BCUT2D eigenvalue weighted by Gasteiger charge is 2.17. The maximum atomic E-state index is 13.3. The van der Waals surface area contributed by atoms with E-state index in [4.69, 9.17) is 4.84 Å². The van der Waals surface area contributed by atoms with Gasteiger partial charge in [0, 0.05) is 0 Å². The third-order valence-corrected chi connectivity index (χ3v) is 4.77. The quantitative estimate of drug-likeness (QED) is 0.376. The monoisotopic (exact) mass is 403 g/mol. The molecule has 0 N–H and O–H groups in total. The lowest BCUT2D eigenvalue weighted by molar-refractivity contribution is -0.123. The lowest BCUT2D eigenvalue weighted by Gasteiger charge is -2.22. The zero-order valence-corrected chi connectivity index (χ0v) is 16.1. The van der Waals surface area contributed by atoms with Crippen molar-refractivity contribution in [1.29, 1.82) is 0 Å². The Balaban J connectivity index is 1.59. The normalized spacial score (nSPS) is 11.0. The first-order valence-electron chi connectivity index (χ1n) is 9.52. The summed E-state index contributed by atoms with van der Waals surface area (Å²) in [5.41, 5.74) is 2.02. The highest BCUT2D eigenvalue weighted by Crippen LogP contribution is 2.21. The van der Waals surface area contributed by atoms with Crippen LogP contribution in [0.1, 0.15) is 21.5 Å². The number of nitrogens with zero attached hydrogens (tertiary/aromatic N) is 1. The highest BCUT2D eigenvalue weighted by atomic mass is 19.1. The first-order valence-corrected chi connectivity index (χ1v) is 9.52. The topological polar surface area (TPSA) is 29.5 Å². The first-order chi connectivity index (χ1) is 14.6. The van der Waals surface area contributed by atoms with Crippen LogP contribution in [0.15, 0.2) is 91.0 Å². The van der Waals surface area contributed by atoms with Gasteiger partial charge in [-0.25, -0.2) is 13.6 Å². The molecule has 4 aromatic rings. The maximum absolute atomic E-state index is 13.3. The van der Waals surface area contributed by atoms with Gasteiger partial charge in [-0.1, -0.05) is 60.7 Å². The maximum Gasteiger partial charge on any atom is 0.357 e. The van der Waals surface area contributed by atoms with E-state index in [0.717, 1.165) is 21.9 Å². The second kappa shape index (κ2) is 8.84. The number of benzene rings is 4. The number of carbonyl (C=O) groups is 1. The molecule has 4 rings (SSSR count). The van der Waals surface area contributed by atoms with Crippen molar-refractivity contribution < 1.29 is 18.4 Å². The molecule has 30 heavy (non-hydrogen) atoms. The number of hydrogen-bond donors (Lipinski definition) is 0. The van der Waals surface area contributed by atoms with Crippen molar-refractivity contribution in [1.82, 2.24) is 5.06 Å². The molecule has 0 bridgehead atoms. The number of rotatable bonds is 6. The Kier molecular flexibility index (Phi) is 5.82. The molecule has 0 aliphatic carbocycles. The molecule has 0 saturated heterocycles. The zero-order valence-electron chi connectivity index (χ0n) is 16.1. The van der Waals surface area contributed by atoms with E-state index in [-0.39, 0.29) is 24.7 Å². The first kappa shape index (κ1) is 19.7. The van der Waals surface area contributed by atoms with Crippen molar-refractivity contribution in [3.63, 3.8) is 0 Å². The van der Waals surface area contributed by atoms with Crippen LogP contribution in [0.2, 0.25) is 0 Å². The molecule has 3 nitrogen and oxygen atoms in total. The molecule has 0 unspecified atom stereocenters. The second-order valence-electron chi connectivity index (χ2n) is 6.96. The molecule has 150 valence electrons. The fraction of sp³-hybridized carbons (Fsp3) is 0.0800. The Morgan fingerprint density at radius 2 is 1.23 bits per heavy atom. The van der Waals surface area contributed by atoms with E-state index >= 15 is 0 Å². The molecule has 0 aliphatic rings. The molecule has 0 aliphatic heterocycles. The van der Waals surface area contributed by atoms with Crippen molar-refractivity contribution in [2.24, 2.45) is 0 Å². The van der Waals surface area contributed by atoms with Crippen LogP contribution in [0.4, 0.5) is 8.78 Å². The summed E-state index contributed by atoms with van der Waals surface area (Å²) in [6.45, 7) is 0.516. The highest BCUT2D eigenvalue weighted by molar-refractivity contribution is 6.04. The Labute approximate surface area is 173 Å². The van der Waals surface area contributed by atoms with Crippen molar-refractivity contribution in [3.05, 3.63) is 119 Å². The summed E-state index contributed by atoms with van der Waals surface area (Å²) < 4.78 is 26.5. The SMILES string of the molecule is O=C(ON(Cc1ccc(F)cc1)Cc1ccc(F)cc1)c1cccc2ccccc12. The van der Waals surface area contributed by atoms with E-state index in [1.807, 2.05) is 36.4 Å². The molecular weight excluding hydrogens is 384 g/mol. The van der Waals surface area contributed by atoms with Crippen LogP contribution in [0.25, 0.3) is 10.8 Å². The predicted octanol–water partition coefficient (Wildman–Crippen LogP) is 5.89. The van der Waals surface area contributed by atoms with Crippen LogP contribution in [0.3, 0.4) is 0 Å². The summed E-state index contributed by atoms with van der Waals surface area (Å²) in [6, 6.07) is 25.0. The summed E-state index contributed by atoms with van der Waals surface area (Å²) in [4.78, 5) is 18.7. The number of halogens is 2. The van der Waals surface area contributed by atoms with Crippen molar-refractivity contribution in [2.45, 2.75) is 13.1 Å². The van der Waals surface area contributed by atoms with Gasteiger partial charge in [0.15, 0.2) is 0 Å². The molecule has 0 atom stereocenters. The van der Waals surface area contributed by atoms with E-state index in [1.165, 1.54) is 29.3 Å². The van der Waals surface area contributed by atoms with E-state index in [0.29, 0.717) is 5.56 Å². The van der Waals surface area contributed by atoms with Crippen LogP contribution in [0, 0.1) is 11.6 Å². The summed E-state index contributed by atoms with van der Waals surface area (Å²) in [5, 5.41) is 3.23. The molecule has 5 heteroatoms. The minimum Gasteiger partial charge on any atom is -0.363 e. The third-order valence-electron chi connectivity index (χ3n) is 4.77. The molecule has 0 aromatic heterocycles. The third kappa shape index (κ3) is 4.70. The van der Waals surface area contributed by atoms with Gasteiger partial charge in [-0.2, -0.15) is 0 Å². The lowest BCUT2D eigenvalue weighted by Crippen LogP contribution is -2.27. The Morgan fingerprint density at radius 1 is 0.700 bits per heavy atom. The average Bonchev–Trinajstić information content (AvgIpc) is 2.76. The molecule has 4 aromatic carbocycles. The molecule has 0 fully saturated rings. The van der Waals surface area contributed by atoms with Gasteiger partial charge >= 0.3 is 5.97 Å². The van der Waals surface area contributed by atoms with Gasteiger partial charge in [0.1, 0.15) is 11.6 Å². The van der Waals surface area contributed by atoms with E-state index in [1.54, 1.807) is 30.3 Å². The minimum absolute atomic E-state index is 0.258. The van der Waals surface area contributed by atoms with Crippen molar-refractivity contribution in [2.75, 3.05) is 0 Å². The van der Waals surface area contributed by atoms with Crippen LogP contribution >= 0.6 is 0 Å². The summed E-state index contributed by atoms with van der Waals surface area (Å²) in [6.07, 6.45) is 0. The van der Waals surface area contributed by atoms with Gasteiger partial charge in [0.05, 0.1) is 18.7 Å². The largest absolute Gasteiger partial charge is 0.363 e. The Hall–Kier alpha value is -3.57. The fourth-order valence-corrected chi connectivity index (χ4v) is 3.28. The molecule has 0 heterocycles. The van der Waals surface area contributed by atoms with Gasteiger partial charge in [-0.3, -0.25) is 0 Å². The summed E-state index contributed by atoms with van der Waals surface area (Å²) in [5.74, 6) is -1.16. The van der Waals surface area contributed by atoms with Gasteiger partial charge in [-0.05, 0) is 52.2 Å². The standard InChI is InChI=1S/C25H19F2NO2/c26-21-12-8-18(9-13-21)16-28(17-19-10-14-22(27)15-11-19)30-25(29)24-7-3-5-20-4-1-2-6-23(20)24/h1-15H,16-17H2. The second-order valence-corrected chi connectivity index (χ2v) is 6.96. The van der Waals surface area contributed by atoms with Gasteiger partial charge < -0.3 is 4.84 Å². The number of hydrogen-bond acceptors (Lipinski definition) is 3. The average molecular weight is 403 g/mol. The number of hydroxylamine groups is 2. The van der Waals surface area contributed by atoms with Crippen LogP contribution in [-0.4, -0.2) is 11.0 Å². The summed E-state index contributed by atoms with van der Waals surface area (Å²) >= 11 is 0. The van der Waals surface area contributed by atoms with E-state index in [2.05, 4.69) is 0 Å². The molecule has 0 spiro atoms. The van der Waals surface area contributed by atoms with Crippen LogP contribution in [0.5, 0.6) is 0 Å². The number of carbonyl (C=O) groups excluding carboxylic acids is 1. The van der Waals surface area contributed by atoms with Gasteiger partial charge in [0.25, 0.3) is 0 Å². The van der Waals surface area contributed by atoms with Gasteiger partial charge in [0.2, 0.25) is 0 Å². The fourth-order valence-electron chi connectivity index (χ4n) is 3.28. The van der Waals surface area contributed by atoms with Gasteiger partial charge in [-0.15, -0.1) is 5.06 Å². The minimum atomic E-state index is -0.490. The smallest absolute Gasteiger partial charge is 0.357 e. The molecule has 0 saturated carbocycles. The lowest BCUT2D eigenvalue weighted by atomic mass is 10.1. The predicted molar refractivity (Wildman–Crippen MR) is 111 cm³/mol. The summed E-state index contributed by atoms with van der Waals surface area (Å²) in [7, 11) is 0. The van der Waals surface area contributed by atoms with Crippen molar-refractivity contribution >= 4 is 16.7 Å². The Bertz CT molecular complexity index is 1110. The molecule has 0 amide bonds.